The molecule has 0 bridgehead atoms. The molecule has 106 valence electrons. The Labute approximate surface area is 117 Å². The molecule has 0 saturated carbocycles. The number of benzene rings is 1. The molecular weight excluding hydrogens is 256 g/mol. The summed E-state index contributed by atoms with van der Waals surface area (Å²) in [6.45, 7) is 5.76. The Balaban J connectivity index is 2.30. The number of aryl methyl sites for hydroxylation is 1. The number of carboxylic acids is 1. The van der Waals surface area contributed by atoms with Crippen LogP contribution >= 0.6 is 0 Å². The third-order valence-electron chi connectivity index (χ3n) is 2.90. The molecule has 0 aliphatic rings. The Morgan fingerprint density at radius 3 is 2.55 bits per heavy atom. The lowest BCUT2D eigenvalue weighted by atomic mass is 10.0. The monoisotopic (exact) mass is 274 g/mol. The normalized spacial score (nSPS) is 10.8. The standard InChI is InChI=1S/C15H18N2O3/c1-9(2)20-12-6-4-11(5-7-12)15-13(8-14(18)19)10(3)16-17-15/h4-7,9H,8H2,1-3H3,(H,16,17)(H,18,19). The van der Waals surface area contributed by atoms with Crippen LogP contribution in [-0.4, -0.2) is 27.4 Å². The van der Waals surface area contributed by atoms with Crippen LogP contribution in [-0.2, 0) is 11.2 Å². The summed E-state index contributed by atoms with van der Waals surface area (Å²) in [4.78, 5) is 10.9. The van der Waals surface area contributed by atoms with E-state index in [1.807, 2.05) is 45.0 Å². The molecule has 5 nitrogen and oxygen atoms in total. The number of hydrogen-bond donors (Lipinski definition) is 2. The Morgan fingerprint density at radius 1 is 1.35 bits per heavy atom. The molecule has 0 atom stereocenters. The van der Waals surface area contributed by atoms with E-state index >= 15 is 0 Å². The van der Waals surface area contributed by atoms with Crippen LogP contribution in [0.4, 0.5) is 0 Å². The van der Waals surface area contributed by atoms with Gasteiger partial charge in [-0.2, -0.15) is 5.10 Å². The summed E-state index contributed by atoms with van der Waals surface area (Å²) in [5, 5.41) is 16.0. The first kappa shape index (κ1) is 14.1. The van der Waals surface area contributed by atoms with Crippen LogP contribution in [0.1, 0.15) is 25.1 Å². The minimum atomic E-state index is -0.865. The number of nitrogens with zero attached hydrogens (tertiary/aromatic N) is 1. The highest BCUT2D eigenvalue weighted by molar-refractivity contribution is 5.75. The van der Waals surface area contributed by atoms with Crippen LogP contribution < -0.4 is 4.74 Å². The van der Waals surface area contributed by atoms with Crippen molar-refractivity contribution in [1.82, 2.24) is 10.2 Å². The van der Waals surface area contributed by atoms with E-state index in [9.17, 15) is 4.79 Å². The molecule has 2 aromatic rings. The van der Waals surface area contributed by atoms with Crippen molar-refractivity contribution in [3.05, 3.63) is 35.5 Å². The van der Waals surface area contributed by atoms with Gasteiger partial charge in [-0.15, -0.1) is 0 Å². The molecule has 2 rings (SSSR count). The number of hydrogen-bond acceptors (Lipinski definition) is 3. The predicted molar refractivity (Wildman–Crippen MR) is 75.9 cm³/mol. The number of ether oxygens (including phenoxy) is 1. The minimum absolute atomic E-state index is 0.0398. The Kier molecular flexibility index (Phi) is 4.08. The first-order valence-electron chi connectivity index (χ1n) is 6.50. The van der Waals surface area contributed by atoms with Crippen molar-refractivity contribution in [3.8, 4) is 17.0 Å². The van der Waals surface area contributed by atoms with Crippen LogP contribution in [0.15, 0.2) is 24.3 Å². The summed E-state index contributed by atoms with van der Waals surface area (Å²) in [6, 6.07) is 7.51. The Bertz CT molecular complexity index is 600. The highest BCUT2D eigenvalue weighted by Gasteiger charge is 2.15. The number of carbonyl (C=O) groups is 1. The summed E-state index contributed by atoms with van der Waals surface area (Å²) in [5.41, 5.74) is 3.06. The summed E-state index contributed by atoms with van der Waals surface area (Å²) >= 11 is 0. The van der Waals surface area contributed by atoms with E-state index in [2.05, 4.69) is 10.2 Å². The van der Waals surface area contributed by atoms with Crippen LogP contribution in [0, 0.1) is 6.92 Å². The van der Waals surface area contributed by atoms with Crippen molar-refractivity contribution in [2.75, 3.05) is 0 Å². The SMILES string of the molecule is Cc1[nH]nc(-c2ccc(OC(C)C)cc2)c1CC(=O)O. The second-order valence-electron chi connectivity index (χ2n) is 4.94. The first-order chi connectivity index (χ1) is 9.47. The molecule has 0 aliphatic heterocycles. The largest absolute Gasteiger partial charge is 0.491 e. The van der Waals surface area contributed by atoms with E-state index in [0.717, 1.165) is 22.6 Å². The molecule has 0 unspecified atom stereocenters. The molecule has 0 saturated heterocycles. The zero-order valence-electron chi connectivity index (χ0n) is 11.8. The van der Waals surface area contributed by atoms with Crippen molar-refractivity contribution >= 4 is 5.97 Å². The smallest absolute Gasteiger partial charge is 0.307 e. The number of carboxylic acid groups (broad SMARTS) is 1. The van der Waals surface area contributed by atoms with Crippen molar-refractivity contribution < 1.29 is 14.6 Å². The van der Waals surface area contributed by atoms with Crippen molar-refractivity contribution in [1.29, 1.82) is 0 Å². The van der Waals surface area contributed by atoms with Gasteiger partial charge in [-0.1, -0.05) is 0 Å². The third kappa shape index (κ3) is 3.17. The molecule has 5 heteroatoms. The maximum Gasteiger partial charge on any atom is 0.307 e. The fraction of sp³-hybridized carbons (Fsp3) is 0.333. The van der Waals surface area contributed by atoms with Gasteiger partial charge < -0.3 is 9.84 Å². The fourth-order valence-electron chi connectivity index (χ4n) is 2.02. The molecule has 1 heterocycles. The van der Waals surface area contributed by atoms with Crippen LogP contribution in [0.25, 0.3) is 11.3 Å². The van der Waals surface area contributed by atoms with Gasteiger partial charge in [-0.05, 0) is 45.0 Å². The highest BCUT2D eigenvalue weighted by Crippen LogP contribution is 2.26. The topological polar surface area (TPSA) is 75.2 Å². The van der Waals surface area contributed by atoms with E-state index in [1.165, 1.54) is 0 Å². The zero-order valence-corrected chi connectivity index (χ0v) is 11.8. The maximum absolute atomic E-state index is 10.9. The van der Waals surface area contributed by atoms with Crippen LogP contribution in [0.3, 0.4) is 0 Å². The molecule has 0 amide bonds. The molecular formula is C15H18N2O3. The Morgan fingerprint density at radius 2 is 2.00 bits per heavy atom. The first-order valence-corrected chi connectivity index (χ1v) is 6.50. The average Bonchev–Trinajstić information content (AvgIpc) is 2.71. The van der Waals surface area contributed by atoms with E-state index in [4.69, 9.17) is 9.84 Å². The number of rotatable bonds is 5. The molecule has 1 aromatic heterocycles. The summed E-state index contributed by atoms with van der Waals surface area (Å²) in [5.74, 6) is -0.0775. The van der Waals surface area contributed by atoms with Gasteiger partial charge in [0.15, 0.2) is 0 Å². The molecule has 2 N–H and O–H groups in total. The average molecular weight is 274 g/mol. The Hall–Kier alpha value is -2.30. The highest BCUT2D eigenvalue weighted by atomic mass is 16.5. The molecule has 0 radical (unpaired) electrons. The number of H-pyrrole nitrogens is 1. The lowest BCUT2D eigenvalue weighted by Gasteiger charge is -2.10. The van der Waals surface area contributed by atoms with Gasteiger partial charge in [-0.25, -0.2) is 0 Å². The van der Waals surface area contributed by atoms with E-state index < -0.39 is 5.97 Å². The van der Waals surface area contributed by atoms with Gasteiger partial charge in [-0.3, -0.25) is 9.89 Å². The summed E-state index contributed by atoms with van der Waals surface area (Å²) in [6.07, 6.45) is 0.0816. The molecule has 0 spiro atoms. The lowest BCUT2D eigenvalue weighted by Crippen LogP contribution is -2.05. The quantitative estimate of drug-likeness (QED) is 0.879. The van der Waals surface area contributed by atoms with Crippen LogP contribution in [0.2, 0.25) is 0 Å². The molecule has 20 heavy (non-hydrogen) atoms. The number of aromatic nitrogens is 2. The van der Waals surface area contributed by atoms with Gasteiger partial charge in [0.1, 0.15) is 5.75 Å². The summed E-state index contributed by atoms with van der Waals surface area (Å²) in [7, 11) is 0. The second kappa shape index (κ2) is 5.77. The lowest BCUT2D eigenvalue weighted by molar-refractivity contribution is -0.136. The predicted octanol–water partition coefficient (Wildman–Crippen LogP) is 2.80. The van der Waals surface area contributed by atoms with Crippen LogP contribution in [0.5, 0.6) is 5.75 Å². The van der Waals surface area contributed by atoms with Gasteiger partial charge >= 0.3 is 5.97 Å². The van der Waals surface area contributed by atoms with Gasteiger partial charge in [0, 0.05) is 16.8 Å². The molecule has 0 fully saturated rings. The molecule has 0 aliphatic carbocycles. The molecule has 1 aromatic carbocycles. The number of aromatic amines is 1. The van der Waals surface area contributed by atoms with Crippen molar-refractivity contribution in [3.63, 3.8) is 0 Å². The van der Waals surface area contributed by atoms with E-state index in [-0.39, 0.29) is 12.5 Å². The maximum atomic E-state index is 10.9. The van der Waals surface area contributed by atoms with Crippen molar-refractivity contribution in [2.24, 2.45) is 0 Å². The minimum Gasteiger partial charge on any atom is -0.491 e. The van der Waals surface area contributed by atoms with Crippen molar-refractivity contribution in [2.45, 2.75) is 33.3 Å². The number of nitrogens with one attached hydrogen (secondary N) is 1. The second-order valence-corrected chi connectivity index (χ2v) is 4.94. The number of aliphatic carboxylic acids is 1. The van der Waals surface area contributed by atoms with E-state index in [1.54, 1.807) is 0 Å². The van der Waals surface area contributed by atoms with Gasteiger partial charge in [0.05, 0.1) is 18.2 Å². The summed E-state index contributed by atoms with van der Waals surface area (Å²) < 4.78 is 5.58. The van der Waals surface area contributed by atoms with E-state index in [0.29, 0.717) is 5.69 Å². The third-order valence-corrected chi connectivity index (χ3v) is 2.90. The van der Waals surface area contributed by atoms with Gasteiger partial charge in [0.2, 0.25) is 0 Å². The van der Waals surface area contributed by atoms with Gasteiger partial charge in [0.25, 0.3) is 0 Å². The zero-order chi connectivity index (χ0) is 14.7. The fourth-order valence-corrected chi connectivity index (χ4v) is 2.02.